The Morgan fingerprint density at radius 2 is 1.57 bits per heavy atom. The fraction of sp³-hybridized carbons (Fsp3) is 0.667. The number of carbonyl (C=O) groups is 1. The number of fused-ring (bicyclic) bond motifs is 1. The zero-order chi connectivity index (χ0) is 34.7. The van der Waals surface area contributed by atoms with E-state index in [4.69, 9.17) is 31.9 Å². The van der Waals surface area contributed by atoms with Crippen LogP contribution in [0.25, 0.3) is 0 Å². The van der Waals surface area contributed by atoms with Gasteiger partial charge in [-0.25, -0.2) is 14.2 Å². The maximum Gasteiger partial charge on any atom is 0.335 e. The fourth-order valence-corrected chi connectivity index (χ4v) is 17.8. The van der Waals surface area contributed by atoms with Crippen LogP contribution in [-0.4, -0.2) is 70.9 Å². The highest BCUT2D eigenvalue weighted by atomic mass is 28.5. The number of methoxy groups -OCH3 is 1. The molecular weight excluding hydrogens is 641 g/mol. The summed E-state index contributed by atoms with van der Waals surface area (Å²) < 4.78 is 47.3. The summed E-state index contributed by atoms with van der Waals surface area (Å²) in [5.41, 5.74) is 0.420. The minimum atomic E-state index is -3.10. The van der Waals surface area contributed by atoms with Gasteiger partial charge in [0.15, 0.2) is 6.23 Å². The van der Waals surface area contributed by atoms with E-state index in [1.807, 2.05) is 30.3 Å². The molecule has 2 fully saturated rings. The summed E-state index contributed by atoms with van der Waals surface area (Å²) in [4.78, 5) is 39.5. The van der Waals surface area contributed by atoms with Crippen LogP contribution in [0, 0.1) is 6.92 Å². The fourth-order valence-electron chi connectivity index (χ4n) is 6.63. The second-order valence-corrected chi connectivity index (χ2v) is 22.5. The normalized spacial score (nSPS) is 24.0. The van der Waals surface area contributed by atoms with Gasteiger partial charge in [-0.1, -0.05) is 85.7 Å². The van der Waals surface area contributed by atoms with Crippen LogP contribution in [0.5, 0.6) is 0 Å². The lowest BCUT2D eigenvalue weighted by Crippen LogP contribution is -2.66. The smallest absolute Gasteiger partial charge is 0.335 e. The van der Waals surface area contributed by atoms with E-state index in [1.54, 1.807) is 6.92 Å². The van der Waals surface area contributed by atoms with Crippen LogP contribution in [0.1, 0.15) is 72.7 Å². The average molecular weight is 693 g/mol. The first-order chi connectivity index (χ1) is 22.2. The van der Waals surface area contributed by atoms with Crippen molar-refractivity contribution in [2.45, 2.75) is 122 Å². The molecule has 2 aliphatic rings. The number of ether oxygens (including phenoxy) is 4. The van der Waals surface area contributed by atoms with Gasteiger partial charge in [0, 0.05) is 11.8 Å². The van der Waals surface area contributed by atoms with Crippen molar-refractivity contribution in [3.8, 4) is 0 Å². The maximum absolute atomic E-state index is 14.0. The number of hydrogen-bond donors (Lipinski definition) is 0. The molecule has 0 bridgehead atoms. The van der Waals surface area contributed by atoms with Crippen molar-refractivity contribution in [3.63, 3.8) is 0 Å². The Balaban J connectivity index is 1.79. The third kappa shape index (κ3) is 7.59. The quantitative estimate of drug-likeness (QED) is 0.224. The number of benzene rings is 1. The molecule has 0 aliphatic carbocycles. The molecule has 2 aliphatic heterocycles. The standard InChI is InChI=1S/C33H52N2O10Si2/c1-21(2)46(22(3)4)42-18-27-29(44-47(45-46,23(5)6)24(7)8)30(41-19-28(36)39-10)32(43-27)34-16-25(9)31(37)35(33(34)38)20-40-17-26-14-12-11-13-15-26/h11-16,21-24,27,29-30,32H,17-20H2,1-10H3/t27-,29-,30-,32-/m1/s1. The minimum absolute atomic E-state index is 0.0307. The van der Waals surface area contributed by atoms with Gasteiger partial charge in [-0.05, 0) is 34.7 Å². The van der Waals surface area contributed by atoms with Gasteiger partial charge in [0.2, 0.25) is 0 Å². The monoisotopic (exact) mass is 692 g/mol. The van der Waals surface area contributed by atoms with Gasteiger partial charge in [-0.15, -0.1) is 0 Å². The third-order valence-electron chi connectivity index (χ3n) is 9.21. The molecule has 0 saturated carbocycles. The maximum atomic E-state index is 14.0. The van der Waals surface area contributed by atoms with E-state index in [0.29, 0.717) is 5.56 Å². The Kier molecular flexibility index (Phi) is 12.3. The summed E-state index contributed by atoms with van der Waals surface area (Å²) in [6.07, 6.45) is -1.92. The zero-order valence-electron chi connectivity index (χ0n) is 29.4. The van der Waals surface area contributed by atoms with Gasteiger partial charge in [0.05, 0.1) is 20.3 Å². The predicted octanol–water partition coefficient (Wildman–Crippen LogP) is 4.90. The van der Waals surface area contributed by atoms with Crippen molar-refractivity contribution in [3.05, 3.63) is 68.5 Å². The number of rotatable bonds is 12. The van der Waals surface area contributed by atoms with Crippen LogP contribution in [-0.2, 0) is 50.0 Å². The molecule has 1 aromatic heterocycles. The number of nitrogens with zero attached hydrogens (tertiary/aromatic N) is 2. The summed E-state index contributed by atoms with van der Waals surface area (Å²) in [6.45, 7) is 18.3. The molecule has 14 heteroatoms. The van der Waals surface area contributed by atoms with E-state index in [0.717, 1.165) is 10.1 Å². The Morgan fingerprint density at radius 1 is 0.957 bits per heavy atom. The first kappa shape index (κ1) is 37.4. The molecule has 4 atom stereocenters. The van der Waals surface area contributed by atoms with Crippen molar-refractivity contribution in [2.24, 2.45) is 0 Å². The molecule has 262 valence electrons. The number of aryl methyl sites for hydroxylation is 1. The Labute approximate surface area is 279 Å². The zero-order valence-corrected chi connectivity index (χ0v) is 31.4. The molecule has 2 aromatic rings. The highest BCUT2D eigenvalue weighted by Gasteiger charge is 2.62. The number of hydrogen-bond acceptors (Lipinski definition) is 10. The molecule has 47 heavy (non-hydrogen) atoms. The molecule has 4 rings (SSSR count). The predicted molar refractivity (Wildman–Crippen MR) is 180 cm³/mol. The van der Waals surface area contributed by atoms with Crippen molar-refractivity contribution in [2.75, 3.05) is 20.3 Å². The summed E-state index contributed by atoms with van der Waals surface area (Å²) in [5, 5.41) is 0. The largest absolute Gasteiger partial charge is 0.467 e. The van der Waals surface area contributed by atoms with E-state index >= 15 is 0 Å². The topological polar surface area (TPSA) is 126 Å². The summed E-state index contributed by atoms with van der Waals surface area (Å²) in [5.74, 6) is -0.587. The Hall–Kier alpha value is -2.44. The van der Waals surface area contributed by atoms with Gasteiger partial charge in [0.25, 0.3) is 5.56 Å². The van der Waals surface area contributed by atoms with Gasteiger partial charge in [-0.3, -0.25) is 9.36 Å². The molecule has 0 amide bonds. The van der Waals surface area contributed by atoms with Crippen LogP contribution in [0.15, 0.2) is 46.1 Å². The van der Waals surface area contributed by atoms with Gasteiger partial charge >= 0.3 is 28.8 Å². The first-order valence-electron chi connectivity index (χ1n) is 16.5. The molecule has 1 aromatic carbocycles. The molecule has 0 spiro atoms. The Morgan fingerprint density at radius 3 is 2.15 bits per heavy atom. The van der Waals surface area contributed by atoms with Crippen molar-refractivity contribution >= 4 is 23.1 Å². The third-order valence-corrected chi connectivity index (χ3v) is 19.5. The molecular formula is C33H52N2O10Si2. The second-order valence-electron chi connectivity index (χ2n) is 13.7. The summed E-state index contributed by atoms with van der Waals surface area (Å²) >= 11 is 0. The SMILES string of the molecule is COC(=O)CO[C@@H]1[C@@H]2O[Si](C(C)C)(C(C)C)O[Si](C(C)C)(C(C)C)OC[C@H]2O[C@H]1n1cc(C)c(=O)n(COCc2ccccc2)c1=O. The lowest BCUT2D eigenvalue weighted by atomic mass is 10.1. The van der Waals surface area contributed by atoms with Crippen molar-refractivity contribution in [1.29, 1.82) is 0 Å². The highest BCUT2D eigenvalue weighted by Crippen LogP contribution is 2.48. The number of esters is 1. The van der Waals surface area contributed by atoms with Gasteiger partial charge < -0.3 is 31.9 Å². The van der Waals surface area contributed by atoms with Crippen LogP contribution in [0.2, 0.25) is 22.2 Å². The molecule has 0 radical (unpaired) electrons. The molecule has 3 heterocycles. The van der Waals surface area contributed by atoms with Crippen LogP contribution >= 0.6 is 0 Å². The van der Waals surface area contributed by atoms with Crippen LogP contribution < -0.4 is 11.2 Å². The molecule has 2 saturated heterocycles. The number of carbonyl (C=O) groups excluding carboxylic acids is 1. The van der Waals surface area contributed by atoms with E-state index in [1.165, 1.54) is 17.9 Å². The summed E-state index contributed by atoms with van der Waals surface area (Å²) in [6, 6.07) is 9.49. The summed E-state index contributed by atoms with van der Waals surface area (Å²) in [7, 11) is -4.69. The second kappa shape index (κ2) is 15.4. The van der Waals surface area contributed by atoms with E-state index in [2.05, 4.69) is 55.4 Å². The number of aromatic nitrogens is 2. The first-order valence-corrected chi connectivity index (χ1v) is 20.4. The van der Waals surface area contributed by atoms with Gasteiger partial charge in [-0.2, -0.15) is 0 Å². The van der Waals surface area contributed by atoms with E-state index in [-0.39, 0.29) is 42.1 Å². The molecule has 12 nitrogen and oxygen atoms in total. The average Bonchev–Trinajstić information content (AvgIpc) is 3.34. The van der Waals surface area contributed by atoms with Gasteiger partial charge in [0.1, 0.15) is 31.6 Å². The molecule has 0 N–H and O–H groups in total. The van der Waals surface area contributed by atoms with Crippen LogP contribution in [0.4, 0.5) is 0 Å². The van der Waals surface area contributed by atoms with Crippen LogP contribution in [0.3, 0.4) is 0 Å². The lowest BCUT2D eigenvalue weighted by molar-refractivity contribution is -0.152. The van der Waals surface area contributed by atoms with E-state index in [9.17, 15) is 14.4 Å². The Bertz CT molecular complexity index is 1460. The van der Waals surface area contributed by atoms with E-state index < -0.39 is 65.5 Å². The lowest BCUT2D eigenvalue weighted by Gasteiger charge is -2.51. The van der Waals surface area contributed by atoms with Crippen molar-refractivity contribution < 1.29 is 36.7 Å². The van der Waals surface area contributed by atoms with Crippen molar-refractivity contribution in [1.82, 2.24) is 9.13 Å². The molecule has 0 unspecified atom stereocenters. The highest BCUT2D eigenvalue weighted by molar-refractivity contribution is 6.84. The minimum Gasteiger partial charge on any atom is -0.467 e.